The number of H-pyrrole nitrogens is 1. The lowest BCUT2D eigenvalue weighted by atomic mass is 10.4. The molecule has 0 amide bonds. The molecule has 80 valence electrons. The third-order valence-electron chi connectivity index (χ3n) is 1.61. The van der Waals surface area contributed by atoms with E-state index in [2.05, 4.69) is 5.10 Å². The van der Waals surface area contributed by atoms with Gasteiger partial charge in [-0.2, -0.15) is 13.2 Å². The molecule has 1 aromatic heterocycles. The fraction of sp³-hybridized carbons (Fsp3) is 0.625. The van der Waals surface area contributed by atoms with Gasteiger partial charge in [0.25, 0.3) is 0 Å². The van der Waals surface area contributed by atoms with Gasteiger partial charge in [0.05, 0.1) is 6.61 Å². The zero-order valence-electron chi connectivity index (χ0n) is 7.69. The lowest BCUT2D eigenvalue weighted by Gasteiger charge is -2.00. The summed E-state index contributed by atoms with van der Waals surface area (Å²) in [7, 11) is 0. The standard InChI is InChI=1S/C8H11F3N2O/c1-2-3-4-14-7-5-6(12-13-7)8(9,10)11/h5H,2-4H2,1H3,(H,12,13). The first kappa shape index (κ1) is 10.9. The van der Waals surface area contributed by atoms with Crippen molar-refractivity contribution >= 4 is 0 Å². The fourth-order valence-corrected chi connectivity index (χ4v) is 0.844. The lowest BCUT2D eigenvalue weighted by Crippen LogP contribution is -2.04. The minimum absolute atomic E-state index is 0.00854. The maximum absolute atomic E-state index is 12.1. The topological polar surface area (TPSA) is 37.9 Å². The predicted molar refractivity (Wildman–Crippen MR) is 44.0 cm³/mol. The Morgan fingerprint density at radius 1 is 1.50 bits per heavy atom. The van der Waals surface area contributed by atoms with Gasteiger partial charge in [-0.15, -0.1) is 5.10 Å². The summed E-state index contributed by atoms with van der Waals surface area (Å²) in [6.45, 7) is 2.35. The number of nitrogens with one attached hydrogen (secondary N) is 1. The Morgan fingerprint density at radius 2 is 2.21 bits per heavy atom. The van der Waals surface area contributed by atoms with Gasteiger partial charge in [0.15, 0.2) is 0 Å². The smallest absolute Gasteiger partial charge is 0.432 e. The van der Waals surface area contributed by atoms with E-state index >= 15 is 0 Å². The number of nitrogens with zero attached hydrogens (tertiary/aromatic N) is 1. The van der Waals surface area contributed by atoms with E-state index in [1.165, 1.54) is 0 Å². The number of halogens is 3. The highest BCUT2D eigenvalue weighted by Gasteiger charge is 2.33. The van der Waals surface area contributed by atoms with Crippen molar-refractivity contribution in [2.24, 2.45) is 0 Å². The van der Waals surface area contributed by atoms with Crippen molar-refractivity contribution in [3.8, 4) is 5.88 Å². The zero-order valence-corrected chi connectivity index (χ0v) is 7.69. The molecule has 0 saturated heterocycles. The van der Waals surface area contributed by atoms with Gasteiger partial charge in [0.1, 0.15) is 5.69 Å². The van der Waals surface area contributed by atoms with Gasteiger partial charge >= 0.3 is 6.18 Å². The van der Waals surface area contributed by atoms with Crippen LogP contribution < -0.4 is 4.74 Å². The highest BCUT2D eigenvalue weighted by atomic mass is 19.4. The summed E-state index contributed by atoms with van der Waals surface area (Å²) in [5.74, 6) is -0.00854. The van der Waals surface area contributed by atoms with Gasteiger partial charge in [0, 0.05) is 6.07 Å². The van der Waals surface area contributed by atoms with Crippen molar-refractivity contribution in [1.82, 2.24) is 10.2 Å². The average molecular weight is 208 g/mol. The van der Waals surface area contributed by atoms with E-state index in [-0.39, 0.29) is 5.88 Å². The predicted octanol–water partition coefficient (Wildman–Crippen LogP) is 2.61. The molecule has 0 aliphatic carbocycles. The molecule has 0 fully saturated rings. The van der Waals surface area contributed by atoms with Crippen molar-refractivity contribution in [3.05, 3.63) is 11.8 Å². The highest BCUT2D eigenvalue weighted by Crippen LogP contribution is 2.29. The average Bonchev–Trinajstić information content (AvgIpc) is 2.52. The van der Waals surface area contributed by atoms with Crippen LogP contribution in [-0.2, 0) is 6.18 Å². The second-order valence-corrected chi connectivity index (χ2v) is 2.82. The zero-order chi connectivity index (χ0) is 10.6. The first-order valence-corrected chi connectivity index (χ1v) is 4.29. The van der Waals surface area contributed by atoms with E-state index in [1.54, 1.807) is 0 Å². The molecule has 1 N–H and O–H groups in total. The quantitative estimate of drug-likeness (QED) is 0.772. The second kappa shape index (κ2) is 4.34. The van der Waals surface area contributed by atoms with Crippen LogP contribution >= 0.6 is 0 Å². The number of aromatic amines is 1. The van der Waals surface area contributed by atoms with E-state index in [0.717, 1.165) is 18.9 Å². The van der Waals surface area contributed by atoms with E-state index in [4.69, 9.17) is 4.74 Å². The highest BCUT2D eigenvalue weighted by molar-refractivity contribution is 5.16. The molecule has 0 aliphatic heterocycles. The molecule has 0 radical (unpaired) electrons. The Bertz CT molecular complexity index is 282. The Kier molecular flexibility index (Phi) is 3.38. The monoisotopic (exact) mass is 208 g/mol. The van der Waals surface area contributed by atoms with Gasteiger partial charge in [0.2, 0.25) is 5.88 Å². The third-order valence-corrected chi connectivity index (χ3v) is 1.61. The summed E-state index contributed by atoms with van der Waals surface area (Å²) < 4.78 is 41.2. The number of unbranched alkanes of at least 4 members (excludes halogenated alkanes) is 1. The minimum Gasteiger partial charge on any atom is -0.477 e. The van der Waals surface area contributed by atoms with Gasteiger partial charge in [-0.1, -0.05) is 13.3 Å². The molecule has 6 heteroatoms. The molecule has 1 aromatic rings. The molecule has 0 bridgehead atoms. The number of rotatable bonds is 4. The van der Waals surface area contributed by atoms with E-state index in [0.29, 0.717) is 6.61 Å². The normalized spacial score (nSPS) is 11.7. The van der Waals surface area contributed by atoms with E-state index < -0.39 is 11.9 Å². The number of aromatic nitrogens is 2. The van der Waals surface area contributed by atoms with Crippen LogP contribution in [0.15, 0.2) is 6.07 Å². The Hall–Kier alpha value is -1.20. The number of ether oxygens (including phenoxy) is 1. The van der Waals surface area contributed by atoms with Crippen LogP contribution in [0.25, 0.3) is 0 Å². The van der Waals surface area contributed by atoms with Crippen molar-refractivity contribution in [2.45, 2.75) is 25.9 Å². The third kappa shape index (κ3) is 2.93. The number of hydrogen-bond donors (Lipinski definition) is 1. The Morgan fingerprint density at radius 3 is 2.71 bits per heavy atom. The van der Waals surface area contributed by atoms with Crippen LogP contribution in [0.1, 0.15) is 25.5 Å². The summed E-state index contributed by atoms with van der Waals surface area (Å²) >= 11 is 0. The summed E-state index contributed by atoms with van der Waals surface area (Å²) in [6, 6.07) is 0.857. The molecular weight excluding hydrogens is 197 g/mol. The molecule has 0 unspecified atom stereocenters. The van der Waals surface area contributed by atoms with Crippen LogP contribution in [-0.4, -0.2) is 16.8 Å². The van der Waals surface area contributed by atoms with Crippen LogP contribution in [0, 0.1) is 0 Å². The van der Waals surface area contributed by atoms with Crippen molar-refractivity contribution in [2.75, 3.05) is 6.61 Å². The van der Waals surface area contributed by atoms with Gasteiger partial charge in [-0.25, -0.2) is 0 Å². The molecule has 1 rings (SSSR count). The van der Waals surface area contributed by atoms with Crippen LogP contribution in [0.2, 0.25) is 0 Å². The molecule has 14 heavy (non-hydrogen) atoms. The largest absolute Gasteiger partial charge is 0.477 e. The molecule has 0 spiro atoms. The van der Waals surface area contributed by atoms with Crippen LogP contribution in [0.5, 0.6) is 5.88 Å². The van der Waals surface area contributed by atoms with Crippen molar-refractivity contribution in [3.63, 3.8) is 0 Å². The summed E-state index contributed by atoms with van der Waals surface area (Å²) in [5.41, 5.74) is -0.885. The van der Waals surface area contributed by atoms with E-state index in [1.807, 2.05) is 12.0 Å². The molecule has 0 aromatic carbocycles. The summed E-state index contributed by atoms with van der Waals surface area (Å²) in [5, 5.41) is 5.26. The van der Waals surface area contributed by atoms with Crippen molar-refractivity contribution in [1.29, 1.82) is 0 Å². The Balaban J connectivity index is 2.51. The number of hydrogen-bond acceptors (Lipinski definition) is 2. The molecule has 0 saturated carbocycles. The number of alkyl halides is 3. The van der Waals surface area contributed by atoms with Gasteiger partial charge < -0.3 is 4.74 Å². The molecule has 0 atom stereocenters. The first-order valence-electron chi connectivity index (χ1n) is 4.29. The SMILES string of the molecule is CCCCOc1cc(C(F)(F)F)[nH]n1. The van der Waals surface area contributed by atoms with Crippen molar-refractivity contribution < 1.29 is 17.9 Å². The molecular formula is C8H11F3N2O. The molecule has 1 heterocycles. The maximum Gasteiger partial charge on any atom is 0.432 e. The van der Waals surface area contributed by atoms with Crippen LogP contribution in [0.3, 0.4) is 0 Å². The minimum atomic E-state index is -4.39. The maximum atomic E-state index is 12.1. The molecule has 0 aliphatic rings. The fourth-order valence-electron chi connectivity index (χ4n) is 0.844. The van der Waals surface area contributed by atoms with Gasteiger partial charge in [-0.05, 0) is 6.42 Å². The summed E-state index contributed by atoms with van der Waals surface area (Å²) in [6.07, 6.45) is -2.66. The lowest BCUT2D eigenvalue weighted by molar-refractivity contribution is -0.141. The van der Waals surface area contributed by atoms with Gasteiger partial charge in [-0.3, -0.25) is 5.10 Å². The van der Waals surface area contributed by atoms with E-state index in [9.17, 15) is 13.2 Å². The first-order chi connectivity index (χ1) is 6.54. The Labute approximate surface area is 79.3 Å². The molecule has 3 nitrogen and oxygen atoms in total. The second-order valence-electron chi connectivity index (χ2n) is 2.82. The van der Waals surface area contributed by atoms with Crippen LogP contribution in [0.4, 0.5) is 13.2 Å². The summed E-state index contributed by atoms with van der Waals surface area (Å²) in [4.78, 5) is 0.